The second-order valence-electron chi connectivity index (χ2n) is 5.65. The maximum atomic E-state index is 13.0. The third-order valence-corrected chi connectivity index (χ3v) is 3.95. The topological polar surface area (TPSA) is 42.4 Å². The highest BCUT2D eigenvalue weighted by Gasteiger charge is 2.32. The average Bonchev–Trinajstić information content (AvgIpc) is 2.48. The quantitative estimate of drug-likeness (QED) is 0.943. The van der Waals surface area contributed by atoms with E-state index in [4.69, 9.17) is 4.74 Å². The summed E-state index contributed by atoms with van der Waals surface area (Å²) in [5, 5.41) is 10.7. The SMILES string of the molecule is CC(O)(CC1OCCc2ccccc21)c1ccc(F)cn1. The number of nitrogens with zero attached hydrogens (tertiary/aromatic N) is 1. The van der Waals surface area contributed by atoms with Gasteiger partial charge in [-0.25, -0.2) is 4.39 Å². The second-order valence-corrected chi connectivity index (χ2v) is 5.65. The van der Waals surface area contributed by atoms with Crippen LogP contribution in [0.5, 0.6) is 0 Å². The molecule has 0 saturated carbocycles. The molecule has 1 aliphatic heterocycles. The zero-order valence-electron chi connectivity index (χ0n) is 11.9. The Morgan fingerprint density at radius 1 is 1.33 bits per heavy atom. The van der Waals surface area contributed by atoms with Crippen LogP contribution in [0.1, 0.15) is 36.3 Å². The number of pyridine rings is 1. The average molecular weight is 287 g/mol. The van der Waals surface area contributed by atoms with Crippen LogP contribution in [0.25, 0.3) is 0 Å². The predicted octanol–water partition coefficient (Wildman–Crippen LogP) is 3.13. The minimum absolute atomic E-state index is 0.170. The fourth-order valence-electron chi connectivity index (χ4n) is 2.81. The van der Waals surface area contributed by atoms with Gasteiger partial charge in [0.25, 0.3) is 0 Å². The molecule has 0 bridgehead atoms. The summed E-state index contributed by atoms with van der Waals surface area (Å²) < 4.78 is 18.8. The Balaban J connectivity index is 1.84. The Kier molecular flexibility index (Phi) is 3.74. The number of ether oxygens (including phenoxy) is 1. The summed E-state index contributed by atoms with van der Waals surface area (Å²) in [6.45, 7) is 2.34. The van der Waals surface area contributed by atoms with Crippen LogP contribution in [0.2, 0.25) is 0 Å². The molecular formula is C17H18FNO2. The summed E-state index contributed by atoms with van der Waals surface area (Å²) in [6, 6.07) is 11.0. The van der Waals surface area contributed by atoms with Gasteiger partial charge >= 0.3 is 0 Å². The lowest BCUT2D eigenvalue weighted by atomic mass is 9.87. The Hall–Kier alpha value is -1.78. The Morgan fingerprint density at radius 3 is 2.90 bits per heavy atom. The van der Waals surface area contributed by atoms with Crippen LogP contribution in [0.15, 0.2) is 42.6 Å². The molecule has 2 atom stereocenters. The first-order valence-corrected chi connectivity index (χ1v) is 7.10. The van der Waals surface area contributed by atoms with Crippen LogP contribution in [-0.4, -0.2) is 16.7 Å². The van der Waals surface area contributed by atoms with E-state index in [0.717, 1.165) is 18.2 Å². The maximum Gasteiger partial charge on any atom is 0.141 e. The minimum atomic E-state index is -1.16. The van der Waals surface area contributed by atoms with Gasteiger partial charge in [0.2, 0.25) is 0 Å². The fraction of sp³-hybridized carbons (Fsp3) is 0.353. The molecule has 2 unspecified atom stereocenters. The number of aliphatic hydroxyl groups is 1. The number of hydrogen-bond acceptors (Lipinski definition) is 3. The highest BCUT2D eigenvalue weighted by Crippen LogP contribution is 2.36. The number of halogens is 1. The van der Waals surface area contributed by atoms with Gasteiger partial charge < -0.3 is 9.84 Å². The first-order chi connectivity index (χ1) is 10.1. The van der Waals surface area contributed by atoms with Crippen molar-refractivity contribution in [1.82, 2.24) is 4.98 Å². The van der Waals surface area contributed by atoms with E-state index in [9.17, 15) is 9.50 Å². The van der Waals surface area contributed by atoms with Crippen molar-refractivity contribution in [2.45, 2.75) is 31.5 Å². The van der Waals surface area contributed by atoms with E-state index in [0.29, 0.717) is 18.7 Å². The highest BCUT2D eigenvalue weighted by molar-refractivity contribution is 5.31. The summed E-state index contributed by atoms with van der Waals surface area (Å²) in [4.78, 5) is 3.99. The van der Waals surface area contributed by atoms with Crippen molar-refractivity contribution < 1.29 is 14.2 Å². The molecule has 110 valence electrons. The predicted molar refractivity (Wildman–Crippen MR) is 77.2 cm³/mol. The number of hydrogen-bond donors (Lipinski definition) is 1. The smallest absolute Gasteiger partial charge is 0.141 e. The molecule has 1 aliphatic rings. The van der Waals surface area contributed by atoms with Crippen molar-refractivity contribution in [2.24, 2.45) is 0 Å². The lowest BCUT2D eigenvalue weighted by molar-refractivity contribution is -0.0419. The summed E-state index contributed by atoms with van der Waals surface area (Å²) in [5.74, 6) is -0.409. The highest BCUT2D eigenvalue weighted by atomic mass is 19.1. The van der Waals surface area contributed by atoms with Gasteiger partial charge in [-0.1, -0.05) is 24.3 Å². The zero-order valence-corrected chi connectivity index (χ0v) is 11.9. The third kappa shape index (κ3) is 2.96. The lowest BCUT2D eigenvalue weighted by Crippen LogP contribution is -2.29. The van der Waals surface area contributed by atoms with Gasteiger partial charge in [0.05, 0.1) is 24.6 Å². The first-order valence-electron chi connectivity index (χ1n) is 7.10. The van der Waals surface area contributed by atoms with Crippen molar-refractivity contribution in [2.75, 3.05) is 6.61 Å². The number of rotatable bonds is 3. The standard InChI is InChI=1S/C17H18FNO2/c1-17(20,16-7-6-13(18)11-19-16)10-15-14-5-3-2-4-12(14)8-9-21-15/h2-7,11,15,20H,8-10H2,1H3. The Bertz CT molecular complexity index is 625. The molecule has 21 heavy (non-hydrogen) atoms. The number of fused-ring (bicyclic) bond motifs is 1. The van der Waals surface area contributed by atoms with Gasteiger partial charge in [0.1, 0.15) is 11.4 Å². The van der Waals surface area contributed by atoms with Gasteiger partial charge in [-0.15, -0.1) is 0 Å². The van der Waals surface area contributed by atoms with Gasteiger partial charge in [-0.2, -0.15) is 0 Å². The molecule has 2 heterocycles. The molecule has 4 heteroatoms. The Morgan fingerprint density at radius 2 is 2.14 bits per heavy atom. The van der Waals surface area contributed by atoms with E-state index in [1.165, 1.54) is 17.7 Å². The molecule has 0 saturated heterocycles. The Labute approximate surface area is 123 Å². The van der Waals surface area contributed by atoms with E-state index in [2.05, 4.69) is 11.1 Å². The van der Waals surface area contributed by atoms with Crippen molar-refractivity contribution in [3.8, 4) is 0 Å². The summed E-state index contributed by atoms with van der Waals surface area (Å²) >= 11 is 0. The minimum Gasteiger partial charge on any atom is -0.384 e. The van der Waals surface area contributed by atoms with Crippen LogP contribution < -0.4 is 0 Å². The zero-order chi connectivity index (χ0) is 14.9. The number of benzene rings is 1. The van der Waals surface area contributed by atoms with Crippen molar-refractivity contribution >= 4 is 0 Å². The molecule has 2 aromatic rings. The molecular weight excluding hydrogens is 269 g/mol. The number of aromatic nitrogens is 1. The molecule has 1 aromatic carbocycles. The molecule has 0 radical (unpaired) electrons. The van der Waals surface area contributed by atoms with Crippen molar-refractivity contribution in [3.63, 3.8) is 0 Å². The molecule has 1 aromatic heterocycles. The van der Waals surface area contributed by atoms with E-state index >= 15 is 0 Å². The lowest BCUT2D eigenvalue weighted by Gasteiger charge is -2.32. The van der Waals surface area contributed by atoms with Gasteiger partial charge in [-0.05, 0) is 36.6 Å². The molecule has 3 nitrogen and oxygen atoms in total. The molecule has 1 N–H and O–H groups in total. The molecule has 0 fully saturated rings. The monoisotopic (exact) mass is 287 g/mol. The van der Waals surface area contributed by atoms with E-state index in [1.807, 2.05) is 18.2 Å². The third-order valence-electron chi connectivity index (χ3n) is 3.95. The van der Waals surface area contributed by atoms with Gasteiger partial charge in [0.15, 0.2) is 0 Å². The maximum absolute atomic E-state index is 13.0. The summed E-state index contributed by atoms with van der Waals surface area (Å²) in [7, 11) is 0. The van der Waals surface area contributed by atoms with Crippen LogP contribution in [0.3, 0.4) is 0 Å². The van der Waals surface area contributed by atoms with Crippen LogP contribution >= 0.6 is 0 Å². The normalized spacial score (nSPS) is 20.6. The fourth-order valence-corrected chi connectivity index (χ4v) is 2.81. The van der Waals surface area contributed by atoms with E-state index in [1.54, 1.807) is 6.92 Å². The summed E-state index contributed by atoms with van der Waals surface area (Å²) in [6.07, 6.45) is 2.24. The van der Waals surface area contributed by atoms with Crippen LogP contribution in [0, 0.1) is 5.82 Å². The molecule has 0 spiro atoms. The molecule has 3 rings (SSSR count). The van der Waals surface area contributed by atoms with Gasteiger partial charge in [0, 0.05) is 6.42 Å². The van der Waals surface area contributed by atoms with Crippen molar-refractivity contribution in [1.29, 1.82) is 0 Å². The van der Waals surface area contributed by atoms with E-state index in [-0.39, 0.29) is 6.10 Å². The van der Waals surface area contributed by atoms with Crippen molar-refractivity contribution in [3.05, 3.63) is 65.2 Å². The molecule has 0 aliphatic carbocycles. The van der Waals surface area contributed by atoms with E-state index < -0.39 is 11.4 Å². The second kappa shape index (κ2) is 5.54. The van der Waals surface area contributed by atoms with Crippen LogP contribution in [-0.2, 0) is 16.8 Å². The van der Waals surface area contributed by atoms with Crippen LogP contribution in [0.4, 0.5) is 4.39 Å². The largest absolute Gasteiger partial charge is 0.384 e. The van der Waals surface area contributed by atoms with Gasteiger partial charge in [-0.3, -0.25) is 4.98 Å². The first kappa shape index (κ1) is 14.2. The summed E-state index contributed by atoms with van der Waals surface area (Å²) in [5.41, 5.74) is 1.67. The molecule has 0 amide bonds.